The first-order valence-corrected chi connectivity index (χ1v) is 10.2. The number of thiocarbonyl (C=S) groups is 1. The number of carbonyl (C=O) groups is 1. The van der Waals surface area contributed by atoms with Gasteiger partial charge in [-0.05, 0) is 46.5 Å². The molecule has 0 aliphatic carbocycles. The van der Waals surface area contributed by atoms with Crippen LogP contribution < -0.4 is 15.8 Å². The summed E-state index contributed by atoms with van der Waals surface area (Å²) in [6.45, 7) is 7.59. The van der Waals surface area contributed by atoms with Crippen molar-refractivity contribution in [2.24, 2.45) is 5.14 Å². The minimum atomic E-state index is -0.650. The summed E-state index contributed by atoms with van der Waals surface area (Å²) in [5.41, 5.74) is 3.76. The molecule has 0 saturated carbocycles. The van der Waals surface area contributed by atoms with Gasteiger partial charge in [-0.25, -0.2) is 9.93 Å². The van der Waals surface area contributed by atoms with Crippen molar-refractivity contribution in [1.29, 1.82) is 5.26 Å². The van der Waals surface area contributed by atoms with Gasteiger partial charge in [0.2, 0.25) is 0 Å². The maximum absolute atomic E-state index is 11.8. The third kappa shape index (κ3) is 6.75. The van der Waals surface area contributed by atoms with Crippen molar-refractivity contribution in [3.05, 3.63) is 70.3 Å². The Morgan fingerprint density at radius 1 is 1.14 bits per heavy atom. The number of nitrogens with two attached hydrogens (primary N) is 1. The molecule has 0 fully saturated rings. The van der Waals surface area contributed by atoms with Crippen LogP contribution in [0.3, 0.4) is 0 Å². The maximum Gasteiger partial charge on any atom is 0.352 e. The second-order valence-corrected chi connectivity index (χ2v) is 8.21. The molecule has 0 atom stereocenters. The summed E-state index contributed by atoms with van der Waals surface area (Å²) < 4.78 is 4.67. The lowest BCUT2D eigenvalue weighted by Crippen LogP contribution is -2.34. The van der Waals surface area contributed by atoms with Crippen LogP contribution in [0, 0.1) is 11.3 Å². The molecule has 2 aromatic carbocycles. The lowest BCUT2D eigenvalue weighted by molar-refractivity contribution is 0.0768. The highest BCUT2D eigenvalue weighted by atomic mass is 32.2. The van der Waals surface area contributed by atoms with E-state index in [1.807, 2.05) is 6.07 Å². The van der Waals surface area contributed by atoms with Crippen LogP contribution in [0.5, 0.6) is 0 Å². The Balaban J connectivity index is 1.89. The summed E-state index contributed by atoms with van der Waals surface area (Å²) in [5.74, 6) is -0.650. The van der Waals surface area contributed by atoms with E-state index in [-0.39, 0.29) is 16.5 Å². The summed E-state index contributed by atoms with van der Waals surface area (Å²) >= 11 is 5.77. The van der Waals surface area contributed by atoms with Gasteiger partial charge in [0.1, 0.15) is 18.3 Å². The van der Waals surface area contributed by atoms with Crippen molar-refractivity contribution >= 4 is 35.5 Å². The van der Waals surface area contributed by atoms with E-state index < -0.39 is 5.97 Å². The zero-order chi connectivity index (χ0) is 21.4. The van der Waals surface area contributed by atoms with Crippen LogP contribution in [0.1, 0.15) is 53.4 Å². The molecular weight excluding hydrogens is 404 g/mol. The van der Waals surface area contributed by atoms with Gasteiger partial charge in [0.25, 0.3) is 0 Å². The quantitative estimate of drug-likeness (QED) is 0.364. The first kappa shape index (κ1) is 22.7. The van der Waals surface area contributed by atoms with Gasteiger partial charge in [-0.2, -0.15) is 5.26 Å². The molecule has 2 rings (SSSR count). The molecule has 4 N–H and O–H groups in total. The van der Waals surface area contributed by atoms with Crippen LogP contribution >= 0.6 is 24.4 Å². The van der Waals surface area contributed by atoms with Crippen LogP contribution in [0.15, 0.2) is 42.5 Å². The topological polar surface area (TPSA) is 100 Å². The molecule has 0 amide bonds. The second kappa shape index (κ2) is 10.3. The SMILES string of the molecule is CC(C)(C)c1ccc(CNC(=S)NCc2ccc(C(=O)OSN)c(C#N)c2)cc1. The molecule has 152 valence electrons. The third-order valence-corrected chi connectivity index (χ3v) is 4.81. The lowest BCUT2D eigenvalue weighted by atomic mass is 9.87. The molecule has 2 aromatic rings. The van der Waals surface area contributed by atoms with Gasteiger partial charge in [0.15, 0.2) is 5.11 Å². The molecular formula is C21H24N4O2S2. The monoisotopic (exact) mass is 428 g/mol. The Hall–Kier alpha value is -2.60. The average molecular weight is 429 g/mol. The van der Waals surface area contributed by atoms with E-state index in [2.05, 4.69) is 59.9 Å². The molecule has 29 heavy (non-hydrogen) atoms. The van der Waals surface area contributed by atoms with E-state index in [0.29, 0.717) is 30.4 Å². The molecule has 6 nitrogen and oxygen atoms in total. The fourth-order valence-electron chi connectivity index (χ4n) is 2.61. The minimum Gasteiger partial charge on any atom is -0.371 e. The fraction of sp³-hybridized carbons (Fsp3) is 0.286. The molecule has 0 unspecified atom stereocenters. The highest BCUT2D eigenvalue weighted by molar-refractivity contribution is 7.92. The van der Waals surface area contributed by atoms with Crippen molar-refractivity contribution in [2.75, 3.05) is 0 Å². The fourth-order valence-corrected chi connectivity index (χ4v) is 2.93. The van der Waals surface area contributed by atoms with Crippen LogP contribution in [0.25, 0.3) is 0 Å². The van der Waals surface area contributed by atoms with Gasteiger partial charge in [0, 0.05) is 13.1 Å². The molecule has 0 bridgehead atoms. The predicted molar refractivity (Wildman–Crippen MR) is 120 cm³/mol. The van der Waals surface area contributed by atoms with Crippen LogP contribution in [-0.4, -0.2) is 11.1 Å². The molecule has 0 radical (unpaired) electrons. The van der Waals surface area contributed by atoms with Crippen LogP contribution in [0.4, 0.5) is 0 Å². The van der Waals surface area contributed by atoms with E-state index in [1.165, 1.54) is 5.56 Å². The van der Waals surface area contributed by atoms with Gasteiger partial charge in [-0.1, -0.05) is 51.1 Å². The Bertz CT molecular complexity index is 916. The molecule has 0 spiro atoms. The molecule has 8 heteroatoms. The van der Waals surface area contributed by atoms with E-state index in [1.54, 1.807) is 18.2 Å². The molecule has 0 aliphatic rings. The average Bonchev–Trinajstić information content (AvgIpc) is 2.70. The van der Waals surface area contributed by atoms with E-state index >= 15 is 0 Å². The zero-order valence-corrected chi connectivity index (χ0v) is 18.2. The number of nitrogens with one attached hydrogen (secondary N) is 2. The minimum absolute atomic E-state index is 0.126. The molecule has 0 saturated heterocycles. The maximum atomic E-state index is 11.8. The Labute approximate surface area is 181 Å². The van der Waals surface area contributed by atoms with Gasteiger partial charge < -0.3 is 14.8 Å². The van der Waals surface area contributed by atoms with E-state index in [0.717, 1.165) is 11.1 Å². The first-order chi connectivity index (χ1) is 13.7. The zero-order valence-electron chi connectivity index (χ0n) is 16.6. The number of carbonyl (C=O) groups excluding carboxylic acids is 1. The van der Waals surface area contributed by atoms with Crippen molar-refractivity contribution in [3.63, 3.8) is 0 Å². The summed E-state index contributed by atoms with van der Waals surface area (Å²) in [6, 6.07) is 15.3. The molecule has 0 aliphatic heterocycles. The number of rotatable bonds is 6. The summed E-state index contributed by atoms with van der Waals surface area (Å²) in [7, 11) is 0. The lowest BCUT2D eigenvalue weighted by Gasteiger charge is -2.19. The van der Waals surface area contributed by atoms with Gasteiger partial charge in [-0.15, -0.1) is 0 Å². The number of nitrogens with zero attached hydrogens (tertiary/aromatic N) is 1. The Morgan fingerprint density at radius 2 is 1.72 bits per heavy atom. The second-order valence-electron chi connectivity index (χ2n) is 7.44. The van der Waals surface area contributed by atoms with Crippen LogP contribution in [-0.2, 0) is 22.7 Å². The first-order valence-electron chi connectivity index (χ1n) is 8.96. The number of hydrogen-bond donors (Lipinski definition) is 3. The standard InChI is InChI=1S/C21H24N4O2S2/c1-21(2,3)17-7-4-14(5-8-17)12-24-20(28)25-13-15-6-9-18(16(10-15)11-22)19(26)27-29-23/h4-10H,12-13,23H2,1-3H3,(H2,24,25,28). The number of hydrogen-bond acceptors (Lipinski definition) is 6. The van der Waals surface area contributed by atoms with Crippen molar-refractivity contribution in [3.8, 4) is 6.07 Å². The van der Waals surface area contributed by atoms with Gasteiger partial charge in [-0.3, -0.25) is 0 Å². The Kier molecular flexibility index (Phi) is 8.02. The molecule has 0 heterocycles. The summed E-state index contributed by atoms with van der Waals surface area (Å²) in [6.07, 6.45) is 0. The van der Waals surface area contributed by atoms with E-state index in [9.17, 15) is 10.1 Å². The van der Waals surface area contributed by atoms with Crippen molar-refractivity contribution in [1.82, 2.24) is 10.6 Å². The van der Waals surface area contributed by atoms with Crippen molar-refractivity contribution in [2.45, 2.75) is 39.3 Å². The van der Waals surface area contributed by atoms with Gasteiger partial charge in [0.05, 0.1) is 11.1 Å². The summed E-state index contributed by atoms with van der Waals surface area (Å²) in [5, 5.41) is 21.2. The van der Waals surface area contributed by atoms with Gasteiger partial charge >= 0.3 is 5.97 Å². The Morgan fingerprint density at radius 3 is 2.28 bits per heavy atom. The number of benzene rings is 2. The smallest absolute Gasteiger partial charge is 0.352 e. The number of nitriles is 1. The third-order valence-electron chi connectivity index (χ3n) is 4.27. The predicted octanol–water partition coefficient (Wildman–Crippen LogP) is 3.70. The van der Waals surface area contributed by atoms with E-state index in [4.69, 9.17) is 17.4 Å². The highest BCUT2D eigenvalue weighted by Gasteiger charge is 2.14. The largest absolute Gasteiger partial charge is 0.371 e. The van der Waals surface area contributed by atoms with Crippen molar-refractivity contribution < 1.29 is 8.98 Å². The normalized spacial score (nSPS) is 10.7. The van der Waals surface area contributed by atoms with Crippen LogP contribution in [0.2, 0.25) is 0 Å². The molecule has 0 aromatic heterocycles. The highest BCUT2D eigenvalue weighted by Crippen LogP contribution is 2.22. The summed E-state index contributed by atoms with van der Waals surface area (Å²) in [4.78, 5) is 11.8.